The first-order valence-corrected chi connectivity index (χ1v) is 6.27. The first kappa shape index (κ1) is 12.3. The number of nitrogens with zero attached hydrogens (tertiary/aromatic N) is 3. The average molecular weight is 266 g/mol. The molecule has 2 aromatic heterocycles. The first-order valence-electron chi connectivity index (χ1n) is 6.27. The summed E-state index contributed by atoms with van der Waals surface area (Å²) >= 11 is 0. The molecule has 2 N–H and O–H groups in total. The Hall–Kier alpha value is -2.69. The maximum absolute atomic E-state index is 5.74. The molecule has 0 amide bonds. The van der Waals surface area contributed by atoms with Gasteiger partial charge in [-0.1, -0.05) is 5.16 Å². The van der Waals surface area contributed by atoms with Gasteiger partial charge in [0.2, 0.25) is 5.82 Å². The van der Waals surface area contributed by atoms with Crippen LogP contribution in [0.2, 0.25) is 0 Å². The van der Waals surface area contributed by atoms with E-state index in [4.69, 9.17) is 10.3 Å². The fourth-order valence-electron chi connectivity index (χ4n) is 2.02. The van der Waals surface area contributed by atoms with Crippen molar-refractivity contribution in [1.29, 1.82) is 0 Å². The third-order valence-corrected chi connectivity index (χ3v) is 3.05. The minimum absolute atomic E-state index is 0.473. The number of hydrogen-bond donors (Lipinski definition) is 1. The number of hydrogen-bond acceptors (Lipinski definition) is 5. The lowest BCUT2D eigenvalue weighted by atomic mass is 10.1. The topological polar surface area (TPSA) is 77.8 Å². The lowest BCUT2D eigenvalue weighted by molar-refractivity contribution is 0.432. The van der Waals surface area contributed by atoms with E-state index >= 15 is 0 Å². The molecule has 0 radical (unpaired) electrons. The maximum atomic E-state index is 5.74. The molecule has 1 aromatic carbocycles. The van der Waals surface area contributed by atoms with Crippen molar-refractivity contribution in [3.63, 3.8) is 0 Å². The molecule has 0 aliphatic carbocycles. The first-order chi connectivity index (χ1) is 9.63. The summed E-state index contributed by atoms with van der Waals surface area (Å²) in [5.74, 6) is 0.959. The van der Waals surface area contributed by atoms with Gasteiger partial charge >= 0.3 is 0 Å². The number of rotatable bonds is 2. The van der Waals surface area contributed by atoms with E-state index < -0.39 is 0 Å². The predicted molar refractivity (Wildman–Crippen MR) is 76.9 cm³/mol. The normalized spacial score (nSPS) is 10.7. The third-order valence-electron chi connectivity index (χ3n) is 3.05. The summed E-state index contributed by atoms with van der Waals surface area (Å²) in [6.07, 6.45) is 1.73. The van der Waals surface area contributed by atoms with Gasteiger partial charge in [0.15, 0.2) is 0 Å². The average Bonchev–Trinajstić information content (AvgIpc) is 2.88. The van der Waals surface area contributed by atoms with Crippen molar-refractivity contribution in [2.45, 2.75) is 13.8 Å². The zero-order valence-corrected chi connectivity index (χ0v) is 11.3. The van der Waals surface area contributed by atoms with Crippen LogP contribution in [0.4, 0.5) is 5.69 Å². The molecule has 0 bridgehead atoms. The molecule has 0 spiro atoms. The molecular formula is C15H14N4O. The molecule has 0 saturated carbocycles. The highest BCUT2D eigenvalue weighted by molar-refractivity contribution is 5.64. The van der Waals surface area contributed by atoms with Gasteiger partial charge in [-0.05, 0) is 55.3 Å². The zero-order valence-electron chi connectivity index (χ0n) is 11.3. The molecule has 3 rings (SSSR count). The van der Waals surface area contributed by atoms with Crippen molar-refractivity contribution in [3.05, 3.63) is 47.7 Å². The van der Waals surface area contributed by atoms with Crippen molar-refractivity contribution in [2.24, 2.45) is 0 Å². The Morgan fingerprint density at radius 2 is 1.95 bits per heavy atom. The lowest BCUT2D eigenvalue weighted by Gasteiger charge is -2.01. The van der Waals surface area contributed by atoms with Gasteiger partial charge in [-0.3, -0.25) is 4.98 Å². The molecule has 0 saturated heterocycles. The van der Waals surface area contributed by atoms with Gasteiger partial charge < -0.3 is 10.3 Å². The van der Waals surface area contributed by atoms with E-state index in [9.17, 15) is 0 Å². The van der Waals surface area contributed by atoms with Gasteiger partial charge in [0.1, 0.15) is 5.69 Å². The molecule has 5 nitrogen and oxygen atoms in total. The van der Waals surface area contributed by atoms with Crippen LogP contribution in [-0.2, 0) is 0 Å². The van der Waals surface area contributed by atoms with Crippen LogP contribution in [0.25, 0.3) is 23.0 Å². The second kappa shape index (κ2) is 4.77. The Kier molecular flexibility index (Phi) is 2.95. The Labute approximate surface area is 116 Å². The molecule has 0 aliphatic rings. The van der Waals surface area contributed by atoms with Crippen LogP contribution in [0.5, 0.6) is 0 Å². The molecular weight excluding hydrogens is 252 g/mol. The lowest BCUT2D eigenvalue weighted by Crippen LogP contribution is -1.89. The molecule has 3 aromatic rings. The highest BCUT2D eigenvalue weighted by Crippen LogP contribution is 2.25. The van der Waals surface area contributed by atoms with Crippen molar-refractivity contribution >= 4 is 5.69 Å². The summed E-state index contributed by atoms with van der Waals surface area (Å²) in [4.78, 5) is 8.65. The third kappa shape index (κ3) is 2.25. The van der Waals surface area contributed by atoms with Gasteiger partial charge in [0.05, 0.1) is 0 Å². The minimum Gasteiger partial charge on any atom is -0.399 e. The molecule has 0 fully saturated rings. The Bertz CT molecular complexity index is 764. The van der Waals surface area contributed by atoms with Crippen LogP contribution in [-0.4, -0.2) is 15.1 Å². The van der Waals surface area contributed by atoms with Crippen LogP contribution >= 0.6 is 0 Å². The van der Waals surface area contributed by atoms with Crippen LogP contribution in [0.15, 0.2) is 41.1 Å². The molecule has 2 heterocycles. The van der Waals surface area contributed by atoms with Crippen molar-refractivity contribution in [2.75, 3.05) is 5.73 Å². The molecule has 0 aliphatic heterocycles. The number of aryl methyl sites for hydroxylation is 2. The number of aromatic nitrogens is 3. The van der Waals surface area contributed by atoms with E-state index in [0.717, 1.165) is 16.7 Å². The fraction of sp³-hybridized carbons (Fsp3) is 0.133. The fourth-order valence-corrected chi connectivity index (χ4v) is 2.02. The van der Waals surface area contributed by atoms with E-state index in [1.165, 1.54) is 0 Å². The standard InChI is InChI=1S/C15H14N4O/c1-9-5-6-17-13(7-9)14-18-15(20-19-14)12-4-3-11(16)8-10(12)2/h3-8H,16H2,1-2H3. The monoisotopic (exact) mass is 266 g/mol. The van der Waals surface area contributed by atoms with Crippen molar-refractivity contribution < 1.29 is 4.52 Å². The van der Waals surface area contributed by atoms with Crippen LogP contribution in [0.3, 0.4) is 0 Å². The summed E-state index contributed by atoms with van der Waals surface area (Å²) < 4.78 is 5.32. The van der Waals surface area contributed by atoms with Crippen LogP contribution in [0.1, 0.15) is 11.1 Å². The van der Waals surface area contributed by atoms with Gasteiger partial charge in [-0.2, -0.15) is 4.98 Å². The molecule has 5 heteroatoms. The minimum atomic E-state index is 0.473. The smallest absolute Gasteiger partial charge is 0.258 e. The highest BCUT2D eigenvalue weighted by atomic mass is 16.5. The van der Waals surface area contributed by atoms with E-state index in [-0.39, 0.29) is 0 Å². The summed E-state index contributed by atoms with van der Waals surface area (Å²) in [5.41, 5.74) is 10.1. The molecule has 0 unspecified atom stereocenters. The summed E-state index contributed by atoms with van der Waals surface area (Å²) in [6, 6.07) is 9.42. The number of pyridine rings is 1. The quantitative estimate of drug-likeness (QED) is 0.721. The Morgan fingerprint density at radius 1 is 1.10 bits per heavy atom. The zero-order chi connectivity index (χ0) is 14.1. The highest BCUT2D eigenvalue weighted by Gasteiger charge is 2.13. The second-order valence-corrected chi connectivity index (χ2v) is 4.72. The van der Waals surface area contributed by atoms with Gasteiger partial charge in [0, 0.05) is 17.4 Å². The number of nitrogen functional groups attached to an aromatic ring is 1. The van der Waals surface area contributed by atoms with E-state index in [2.05, 4.69) is 15.1 Å². The summed E-state index contributed by atoms with van der Waals surface area (Å²) in [5, 5.41) is 3.99. The number of benzene rings is 1. The van der Waals surface area contributed by atoms with E-state index in [1.807, 2.05) is 44.2 Å². The molecule has 100 valence electrons. The van der Waals surface area contributed by atoms with Gasteiger partial charge in [0.25, 0.3) is 5.89 Å². The van der Waals surface area contributed by atoms with E-state index in [1.54, 1.807) is 6.20 Å². The largest absolute Gasteiger partial charge is 0.399 e. The van der Waals surface area contributed by atoms with Gasteiger partial charge in [-0.15, -0.1) is 0 Å². The summed E-state index contributed by atoms with van der Waals surface area (Å²) in [6.45, 7) is 3.96. The molecule has 0 atom stereocenters. The van der Waals surface area contributed by atoms with Crippen LogP contribution < -0.4 is 5.73 Å². The molecule has 20 heavy (non-hydrogen) atoms. The van der Waals surface area contributed by atoms with Crippen LogP contribution in [0, 0.1) is 13.8 Å². The Balaban J connectivity index is 2.02. The van der Waals surface area contributed by atoms with Gasteiger partial charge in [-0.25, -0.2) is 0 Å². The predicted octanol–water partition coefficient (Wildman–Crippen LogP) is 3.00. The second-order valence-electron chi connectivity index (χ2n) is 4.72. The van der Waals surface area contributed by atoms with Crippen molar-refractivity contribution in [3.8, 4) is 23.0 Å². The van der Waals surface area contributed by atoms with E-state index in [0.29, 0.717) is 23.1 Å². The SMILES string of the molecule is Cc1ccnc(-c2noc(-c3ccc(N)cc3C)n2)c1. The Morgan fingerprint density at radius 3 is 2.70 bits per heavy atom. The maximum Gasteiger partial charge on any atom is 0.258 e. The number of anilines is 1. The van der Waals surface area contributed by atoms with Crippen molar-refractivity contribution in [1.82, 2.24) is 15.1 Å². The summed E-state index contributed by atoms with van der Waals surface area (Å²) in [7, 11) is 0. The number of nitrogens with two attached hydrogens (primary N) is 1.